The molecule has 0 radical (unpaired) electrons. The summed E-state index contributed by atoms with van der Waals surface area (Å²) < 4.78 is 9.50. The van der Waals surface area contributed by atoms with E-state index in [9.17, 15) is 9.59 Å². The highest BCUT2D eigenvalue weighted by Crippen LogP contribution is 2.22. The Morgan fingerprint density at radius 2 is 1.30 bits per heavy atom. The molecule has 10 nitrogen and oxygen atoms in total. The fourth-order valence-electron chi connectivity index (χ4n) is 1.39. The third-order valence-electron chi connectivity index (χ3n) is 2.20. The lowest BCUT2D eigenvalue weighted by Gasteiger charge is -1.99. The number of carbonyl (C=O) groups excluding carboxylic acids is 2. The molecule has 2 aromatic heterocycles. The van der Waals surface area contributed by atoms with Gasteiger partial charge in [0.25, 0.3) is 0 Å². The molecule has 12 heteroatoms. The second-order valence-corrected chi connectivity index (χ2v) is 5.99. The fourth-order valence-corrected chi connectivity index (χ4v) is 2.94. The molecule has 0 saturated heterocycles. The first kappa shape index (κ1) is 17.0. The minimum atomic E-state index is -0.577. The quantitative estimate of drug-likeness (QED) is 0.803. The minimum Gasteiger partial charge on any atom is -0.450 e. The molecule has 124 valence electrons. The number of aromatic nitrogens is 4. The van der Waals surface area contributed by atoms with E-state index in [0.29, 0.717) is 26.7 Å². The maximum absolute atomic E-state index is 11.3. The van der Waals surface area contributed by atoms with E-state index in [0.717, 1.165) is 0 Å². The maximum Gasteiger partial charge on any atom is 0.413 e. The Bertz CT molecular complexity index is 617. The predicted molar refractivity (Wildman–Crippen MR) is 83.9 cm³/mol. The van der Waals surface area contributed by atoms with Crippen molar-refractivity contribution >= 4 is 45.1 Å². The van der Waals surface area contributed by atoms with Gasteiger partial charge in [0.05, 0.1) is 19.6 Å². The van der Waals surface area contributed by atoms with Gasteiger partial charge < -0.3 is 9.47 Å². The van der Waals surface area contributed by atoms with E-state index in [1.807, 2.05) is 0 Å². The number of hydrogen-bond acceptors (Lipinski definition) is 10. The van der Waals surface area contributed by atoms with Crippen molar-refractivity contribution in [2.75, 3.05) is 23.8 Å². The first-order valence-corrected chi connectivity index (χ1v) is 8.26. The summed E-state index contributed by atoms with van der Waals surface area (Å²) >= 11 is 2.41. The Kier molecular flexibility index (Phi) is 6.17. The van der Waals surface area contributed by atoms with E-state index in [1.165, 1.54) is 22.7 Å². The zero-order chi connectivity index (χ0) is 16.7. The monoisotopic (exact) mass is 358 g/mol. The van der Waals surface area contributed by atoms with Crippen molar-refractivity contribution in [1.82, 2.24) is 20.4 Å². The fraction of sp³-hybridized carbons (Fsp3) is 0.455. The largest absolute Gasteiger partial charge is 0.450 e. The lowest BCUT2D eigenvalue weighted by Crippen LogP contribution is -2.12. The van der Waals surface area contributed by atoms with E-state index in [1.54, 1.807) is 13.8 Å². The number of amides is 2. The van der Waals surface area contributed by atoms with Crippen LogP contribution in [0.15, 0.2) is 0 Å². The third kappa shape index (κ3) is 5.41. The minimum absolute atomic E-state index is 0.276. The Morgan fingerprint density at radius 3 is 1.70 bits per heavy atom. The molecule has 0 bridgehead atoms. The number of ether oxygens (including phenoxy) is 2. The molecule has 2 rings (SSSR count). The maximum atomic E-state index is 11.3. The summed E-state index contributed by atoms with van der Waals surface area (Å²) in [4.78, 5) is 22.5. The van der Waals surface area contributed by atoms with Crippen LogP contribution in [0.3, 0.4) is 0 Å². The average molecular weight is 358 g/mol. The molecule has 0 fully saturated rings. The van der Waals surface area contributed by atoms with Gasteiger partial charge in [0, 0.05) is 0 Å². The summed E-state index contributed by atoms with van der Waals surface area (Å²) in [7, 11) is 0. The molecule has 2 heterocycles. The molecule has 2 amide bonds. The third-order valence-corrected chi connectivity index (χ3v) is 3.88. The summed E-state index contributed by atoms with van der Waals surface area (Å²) in [5, 5.41) is 22.5. The van der Waals surface area contributed by atoms with E-state index in [-0.39, 0.29) is 13.2 Å². The van der Waals surface area contributed by atoms with Gasteiger partial charge in [-0.05, 0) is 13.8 Å². The zero-order valence-corrected chi connectivity index (χ0v) is 14.0. The molecule has 0 aromatic carbocycles. The molecule has 23 heavy (non-hydrogen) atoms. The van der Waals surface area contributed by atoms with Crippen LogP contribution < -0.4 is 10.6 Å². The molecule has 0 aliphatic carbocycles. The Labute approximate surface area is 139 Å². The SMILES string of the molecule is CCOC(=O)Nc1nnc(Cc2nnc(NC(=O)OCC)s2)s1. The second kappa shape index (κ2) is 8.33. The van der Waals surface area contributed by atoms with Crippen molar-refractivity contribution in [2.24, 2.45) is 0 Å². The van der Waals surface area contributed by atoms with Gasteiger partial charge in [-0.3, -0.25) is 10.6 Å². The molecular weight excluding hydrogens is 344 g/mol. The number of anilines is 2. The van der Waals surface area contributed by atoms with Gasteiger partial charge in [-0.15, -0.1) is 20.4 Å². The summed E-state index contributed by atoms with van der Waals surface area (Å²) in [6.07, 6.45) is -0.760. The highest BCUT2D eigenvalue weighted by Gasteiger charge is 2.13. The smallest absolute Gasteiger partial charge is 0.413 e. The van der Waals surface area contributed by atoms with Gasteiger partial charge in [-0.2, -0.15) is 0 Å². The lowest BCUT2D eigenvalue weighted by atomic mass is 10.5. The van der Waals surface area contributed by atoms with E-state index < -0.39 is 12.2 Å². The highest BCUT2D eigenvalue weighted by molar-refractivity contribution is 7.16. The molecule has 0 saturated carbocycles. The highest BCUT2D eigenvalue weighted by atomic mass is 32.1. The van der Waals surface area contributed by atoms with Gasteiger partial charge in [0.15, 0.2) is 0 Å². The van der Waals surface area contributed by atoms with Crippen molar-refractivity contribution in [2.45, 2.75) is 20.3 Å². The Morgan fingerprint density at radius 1 is 0.870 bits per heavy atom. The van der Waals surface area contributed by atoms with Gasteiger partial charge in [-0.1, -0.05) is 22.7 Å². The van der Waals surface area contributed by atoms with Crippen molar-refractivity contribution in [3.8, 4) is 0 Å². The summed E-state index contributed by atoms with van der Waals surface area (Å²) in [5.41, 5.74) is 0. The van der Waals surface area contributed by atoms with Crippen LogP contribution >= 0.6 is 22.7 Å². The van der Waals surface area contributed by atoms with Crippen LogP contribution in [0.25, 0.3) is 0 Å². The normalized spacial score (nSPS) is 10.2. The summed E-state index contributed by atoms with van der Waals surface area (Å²) in [5.74, 6) is 0. The molecule has 2 aromatic rings. The summed E-state index contributed by atoms with van der Waals surface area (Å²) in [6.45, 7) is 3.97. The number of hydrogen-bond donors (Lipinski definition) is 2. The van der Waals surface area contributed by atoms with E-state index in [4.69, 9.17) is 9.47 Å². The topological polar surface area (TPSA) is 128 Å². The van der Waals surface area contributed by atoms with Crippen molar-refractivity contribution in [1.29, 1.82) is 0 Å². The second-order valence-electron chi connectivity index (χ2n) is 3.87. The Balaban J connectivity index is 1.90. The van der Waals surface area contributed by atoms with E-state index >= 15 is 0 Å². The predicted octanol–water partition coefficient (Wildman–Crippen LogP) is 2.12. The molecule has 0 atom stereocenters. The average Bonchev–Trinajstić information content (AvgIpc) is 3.10. The van der Waals surface area contributed by atoms with Gasteiger partial charge in [0.2, 0.25) is 10.3 Å². The number of nitrogens with zero attached hydrogens (tertiary/aromatic N) is 4. The number of rotatable bonds is 6. The van der Waals surface area contributed by atoms with Crippen LogP contribution in [0.1, 0.15) is 23.9 Å². The molecule has 0 aliphatic heterocycles. The summed E-state index contributed by atoms with van der Waals surface area (Å²) in [6, 6.07) is 0. The molecule has 2 N–H and O–H groups in total. The van der Waals surface area contributed by atoms with Crippen LogP contribution in [0.2, 0.25) is 0 Å². The van der Waals surface area contributed by atoms with Crippen LogP contribution in [-0.2, 0) is 15.9 Å². The lowest BCUT2D eigenvalue weighted by molar-refractivity contribution is 0.167. The van der Waals surface area contributed by atoms with Crippen LogP contribution in [-0.4, -0.2) is 45.8 Å². The van der Waals surface area contributed by atoms with Crippen LogP contribution in [0.5, 0.6) is 0 Å². The van der Waals surface area contributed by atoms with Gasteiger partial charge in [0.1, 0.15) is 10.0 Å². The van der Waals surface area contributed by atoms with Gasteiger partial charge in [-0.25, -0.2) is 9.59 Å². The number of carbonyl (C=O) groups is 2. The van der Waals surface area contributed by atoms with Crippen LogP contribution in [0.4, 0.5) is 19.9 Å². The van der Waals surface area contributed by atoms with Crippen molar-refractivity contribution in [3.63, 3.8) is 0 Å². The van der Waals surface area contributed by atoms with Gasteiger partial charge >= 0.3 is 12.2 Å². The first-order chi connectivity index (χ1) is 11.1. The van der Waals surface area contributed by atoms with E-state index in [2.05, 4.69) is 31.0 Å². The molecular formula is C11H14N6O4S2. The van der Waals surface area contributed by atoms with Crippen LogP contribution in [0, 0.1) is 0 Å². The molecule has 0 unspecified atom stereocenters. The zero-order valence-electron chi connectivity index (χ0n) is 12.4. The standard InChI is InChI=1S/C11H14N6O4S2/c1-3-20-10(18)12-8-16-14-6(22-8)5-7-15-17-9(23-7)13-11(19)21-4-2/h3-5H2,1-2H3,(H,12,16,18)(H,13,17,19). The molecule has 0 aliphatic rings. The van der Waals surface area contributed by atoms with Crippen molar-refractivity contribution in [3.05, 3.63) is 10.0 Å². The molecule has 0 spiro atoms. The first-order valence-electron chi connectivity index (χ1n) is 6.63. The Hall–Kier alpha value is -2.34. The number of nitrogens with one attached hydrogen (secondary N) is 2. The van der Waals surface area contributed by atoms with Crippen molar-refractivity contribution < 1.29 is 19.1 Å².